The molecule has 0 saturated carbocycles. The number of amides is 1. The Hall–Kier alpha value is -1.60. The Morgan fingerprint density at radius 3 is 2.59 bits per heavy atom. The molecule has 2 aromatic rings. The van der Waals surface area contributed by atoms with Gasteiger partial charge >= 0.3 is 0 Å². The highest BCUT2D eigenvalue weighted by Gasteiger charge is 2.19. The molecule has 5 nitrogen and oxygen atoms in total. The Bertz CT molecular complexity index is 795. The molecule has 7 heteroatoms. The number of anilines is 1. The van der Waals surface area contributed by atoms with E-state index in [2.05, 4.69) is 43.2 Å². The van der Waals surface area contributed by atoms with Crippen molar-refractivity contribution in [2.75, 3.05) is 45.2 Å². The summed E-state index contributed by atoms with van der Waals surface area (Å²) in [4.78, 5) is 16.9. The molecule has 3 rings (SSSR count). The van der Waals surface area contributed by atoms with Crippen LogP contribution in [0.1, 0.15) is 5.56 Å². The van der Waals surface area contributed by atoms with E-state index in [0.29, 0.717) is 17.3 Å². The molecule has 0 unspecified atom stereocenters. The van der Waals surface area contributed by atoms with Crippen molar-refractivity contribution in [3.63, 3.8) is 0 Å². The molecule has 1 amide bonds. The number of nitrogens with zero attached hydrogens (tertiary/aromatic N) is 2. The number of benzene rings is 2. The van der Waals surface area contributed by atoms with Gasteiger partial charge in [-0.05, 0) is 35.9 Å². The second-order valence-corrected chi connectivity index (χ2v) is 7.90. The highest BCUT2D eigenvalue weighted by Crippen LogP contribution is 2.25. The van der Waals surface area contributed by atoms with Crippen molar-refractivity contribution in [2.24, 2.45) is 0 Å². The summed E-state index contributed by atoms with van der Waals surface area (Å²) in [5, 5.41) is 3.42. The van der Waals surface area contributed by atoms with Crippen molar-refractivity contribution < 1.29 is 9.53 Å². The summed E-state index contributed by atoms with van der Waals surface area (Å²) in [5.41, 5.74) is 1.88. The minimum Gasteiger partial charge on any atom is -0.497 e. The smallest absolute Gasteiger partial charge is 0.238 e. The van der Waals surface area contributed by atoms with E-state index in [0.717, 1.165) is 42.9 Å². The van der Waals surface area contributed by atoms with E-state index in [-0.39, 0.29) is 5.91 Å². The molecule has 1 fully saturated rings. The third-order valence-corrected chi connectivity index (χ3v) is 5.38. The lowest BCUT2D eigenvalue weighted by molar-refractivity contribution is -0.117. The maximum absolute atomic E-state index is 12.3. The van der Waals surface area contributed by atoms with Crippen LogP contribution in [0.4, 0.5) is 5.69 Å². The number of halogens is 2. The molecular weight excluding hydrogens is 430 g/mol. The number of nitrogens with one attached hydrogen (secondary N) is 1. The Morgan fingerprint density at radius 2 is 1.89 bits per heavy atom. The zero-order valence-electron chi connectivity index (χ0n) is 15.3. The summed E-state index contributed by atoms with van der Waals surface area (Å²) in [5.74, 6) is 0.842. The maximum atomic E-state index is 12.3. The molecule has 0 spiro atoms. The van der Waals surface area contributed by atoms with Gasteiger partial charge in [0.2, 0.25) is 5.91 Å². The lowest BCUT2D eigenvalue weighted by Crippen LogP contribution is -2.48. The molecule has 27 heavy (non-hydrogen) atoms. The number of hydrogen-bond donors (Lipinski definition) is 1. The topological polar surface area (TPSA) is 44.8 Å². The summed E-state index contributed by atoms with van der Waals surface area (Å²) < 4.78 is 6.17. The van der Waals surface area contributed by atoms with Crippen LogP contribution in [-0.4, -0.2) is 55.5 Å². The summed E-state index contributed by atoms with van der Waals surface area (Å²) in [6.07, 6.45) is 0. The van der Waals surface area contributed by atoms with Gasteiger partial charge in [-0.25, -0.2) is 0 Å². The molecule has 0 atom stereocenters. The van der Waals surface area contributed by atoms with Gasteiger partial charge in [0.15, 0.2) is 0 Å². The maximum Gasteiger partial charge on any atom is 0.238 e. The van der Waals surface area contributed by atoms with Gasteiger partial charge in [0.25, 0.3) is 0 Å². The number of carbonyl (C=O) groups excluding carboxylic acids is 1. The van der Waals surface area contributed by atoms with E-state index in [4.69, 9.17) is 16.3 Å². The van der Waals surface area contributed by atoms with Crippen LogP contribution in [-0.2, 0) is 11.3 Å². The molecule has 0 bridgehead atoms. The molecule has 1 N–H and O–H groups in total. The Balaban J connectivity index is 1.45. The first kappa shape index (κ1) is 20.1. The fourth-order valence-corrected chi connectivity index (χ4v) is 3.84. The number of hydrogen-bond acceptors (Lipinski definition) is 4. The standard InChI is InChI=1S/C20H23BrClN3O2/c1-27-17-4-2-3-15(11-17)13-24-7-9-25(10-8-24)14-20(26)23-19-6-5-16(21)12-18(19)22/h2-6,11-12H,7-10,13-14H2,1H3,(H,23,26). The Kier molecular flexibility index (Phi) is 7.13. The average molecular weight is 453 g/mol. The first-order valence-electron chi connectivity index (χ1n) is 8.86. The number of rotatable bonds is 6. The van der Waals surface area contributed by atoms with Crippen LogP contribution in [0.15, 0.2) is 46.9 Å². The average Bonchev–Trinajstić information content (AvgIpc) is 2.66. The van der Waals surface area contributed by atoms with Crippen molar-refractivity contribution >= 4 is 39.1 Å². The lowest BCUT2D eigenvalue weighted by Gasteiger charge is -2.34. The van der Waals surface area contributed by atoms with Crippen molar-refractivity contribution in [3.8, 4) is 5.75 Å². The van der Waals surface area contributed by atoms with E-state index in [1.165, 1.54) is 5.56 Å². The van der Waals surface area contributed by atoms with Gasteiger partial charge in [-0.1, -0.05) is 39.7 Å². The highest BCUT2D eigenvalue weighted by atomic mass is 79.9. The van der Waals surface area contributed by atoms with Gasteiger partial charge in [0.05, 0.1) is 24.4 Å². The van der Waals surface area contributed by atoms with Crippen LogP contribution in [0.5, 0.6) is 5.75 Å². The summed E-state index contributed by atoms with van der Waals surface area (Å²) in [7, 11) is 1.68. The fourth-order valence-electron chi connectivity index (χ4n) is 3.12. The van der Waals surface area contributed by atoms with Crippen LogP contribution in [0, 0.1) is 0 Å². The molecule has 1 heterocycles. The summed E-state index contributed by atoms with van der Waals surface area (Å²) in [6, 6.07) is 13.6. The van der Waals surface area contributed by atoms with Crippen molar-refractivity contribution in [2.45, 2.75) is 6.54 Å². The monoisotopic (exact) mass is 451 g/mol. The molecule has 1 aliphatic rings. The number of ether oxygens (including phenoxy) is 1. The third kappa shape index (κ3) is 5.94. The van der Waals surface area contributed by atoms with E-state index < -0.39 is 0 Å². The van der Waals surface area contributed by atoms with E-state index >= 15 is 0 Å². The second-order valence-electron chi connectivity index (χ2n) is 6.58. The zero-order valence-corrected chi connectivity index (χ0v) is 17.6. The quantitative estimate of drug-likeness (QED) is 0.723. The predicted octanol–water partition coefficient (Wildman–Crippen LogP) is 3.87. The minimum atomic E-state index is -0.0412. The van der Waals surface area contributed by atoms with Crippen LogP contribution in [0.25, 0.3) is 0 Å². The molecule has 144 valence electrons. The third-order valence-electron chi connectivity index (χ3n) is 4.58. The molecule has 1 saturated heterocycles. The normalized spacial score (nSPS) is 15.5. The molecule has 1 aliphatic heterocycles. The van der Waals surface area contributed by atoms with Gasteiger partial charge in [0, 0.05) is 37.2 Å². The van der Waals surface area contributed by atoms with Crippen molar-refractivity contribution in [3.05, 3.63) is 57.5 Å². The molecule has 0 aromatic heterocycles. The SMILES string of the molecule is COc1cccc(CN2CCN(CC(=O)Nc3ccc(Br)cc3Cl)CC2)c1. The van der Waals surface area contributed by atoms with Crippen molar-refractivity contribution in [1.82, 2.24) is 9.80 Å². The van der Waals surface area contributed by atoms with Gasteiger partial charge in [-0.15, -0.1) is 0 Å². The predicted molar refractivity (Wildman–Crippen MR) is 112 cm³/mol. The second kappa shape index (κ2) is 9.55. The summed E-state index contributed by atoms with van der Waals surface area (Å²) in [6.45, 7) is 4.87. The van der Waals surface area contributed by atoms with E-state index in [1.54, 1.807) is 19.2 Å². The molecule has 2 aromatic carbocycles. The van der Waals surface area contributed by atoms with Crippen LogP contribution >= 0.6 is 27.5 Å². The highest BCUT2D eigenvalue weighted by molar-refractivity contribution is 9.10. The largest absolute Gasteiger partial charge is 0.497 e. The van der Waals surface area contributed by atoms with E-state index in [1.807, 2.05) is 18.2 Å². The van der Waals surface area contributed by atoms with Gasteiger partial charge in [-0.3, -0.25) is 14.6 Å². The number of carbonyl (C=O) groups is 1. The van der Waals surface area contributed by atoms with E-state index in [9.17, 15) is 4.79 Å². The number of piperazine rings is 1. The molecular formula is C20H23BrClN3O2. The first-order valence-corrected chi connectivity index (χ1v) is 10.0. The Labute approximate surface area is 173 Å². The fraction of sp³-hybridized carbons (Fsp3) is 0.350. The first-order chi connectivity index (χ1) is 13.0. The molecule has 0 aliphatic carbocycles. The van der Waals surface area contributed by atoms with Gasteiger partial charge in [-0.2, -0.15) is 0 Å². The minimum absolute atomic E-state index is 0.0412. The van der Waals surface area contributed by atoms with Gasteiger partial charge < -0.3 is 10.1 Å². The molecule has 0 radical (unpaired) electrons. The number of methoxy groups -OCH3 is 1. The Morgan fingerprint density at radius 1 is 1.15 bits per heavy atom. The van der Waals surface area contributed by atoms with Gasteiger partial charge in [0.1, 0.15) is 5.75 Å². The van der Waals surface area contributed by atoms with Crippen LogP contribution in [0.2, 0.25) is 5.02 Å². The van der Waals surface area contributed by atoms with Crippen LogP contribution < -0.4 is 10.1 Å². The summed E-state index contributed by atoms with van der Waals surface area (Å²) >= 11 is 9.52. The van der Waals surface area contributed by atoms with Crippen molar-refractivity contribution in [1.29, 1.82) is 0 Å². The zero-order chi connectivity index (χ0) is 19.2. The van der Waals surface area contributed by atoms with Crippen LogP contribution in [0.3, 0.4) is 0 Å². The lowest BCUT2D eigenvalue weighted by atomic mass is 10.2.